The Balaban J connectivity index is 1.68. The van der Waals surface area contributed by atoms with Crippen LogP contribution in [0.5, 0.6) is 5.75 Å². The van der Waals surface area contributed by atoms with Crippen molar-refractivity contribution in [1.82, 2.24) is 25.2 Å². The first-order chi connectivity index (χ1) is 10.6. The van der Waals surface area contributed by atoms with Gasteiger partial charge in [0.25, 0.3) is 0 Å². The largest absolute Gasteiger partial charge is 0.491 e. The smallest absolute Gasteiger partial charge is 0.318 e. The summed E-state index contributed by atoms with van der Waals surface area (Å²) in [7, 11) is 1.75. The first-order valence-electron chi connectivity index (χ1n) is 7.24. The van der Waals surface area contributed by atoms with Gasteiger partial charge in [0.1, 0.15) is 18.1 Å². The van der Waals surface area contributed by atoms with Gasteiger partial charge < -0.3 is 15.0 Å². The van der Waals surface area contributed by atoms with Gasteiger partial charge in [-0.25, -0.2) is 4.79 Å². The third kappa shape index (κ3) is 3.03. The number of rotatable bonds is 2. The van der Waals surface area contributed by atoms with Gasteiger partial charge in [-0.1, -0.05) is 18.2 Å². The Labute approximate surface area is 128 Å². The molecule has 0 saturated carbocycles. The second kappa shape index (κ2) is 6.05. The number of aromatic nitrogens is 3. The lowest BCUT2D eigenvalue weighted by atomic mass is 10.2. The first kappa shape index (κ1) is 14.4. The van der Waals surface area contributed by atoms with E-state index in [0.717, 1.165) is 17.0 Å². The van der Waals surface area contributed by atoms with Gasteiger partial charge in [-0.05, 0) is 13.0 Å². The Morgan fingerprint density at radius 3 is 3.05 bits per heavy atom. The zero-order valence-corrected chi connectivity index (χ0v) is 12.7. The van der Waals surface area contributed by atoms with Crippen LogP contribution in [-0.4, -0.2) is 38.6 Å². The molecule has 0 aliphatic carbocycles. The van der Waals surface area contributed by atoms with Crippen molar-refractivity contribution in [3.05, 3.63) is 41.7 Å². The number of amides is 2. The minimum atomic E-state index is -0.126. The normalized spacial score (nSPS) is 17.4. The van der Waals surface area contributed by atoms with E-state index in [1.807, 2.05) is 31.2 Å². The van der Waals surface area contributed by atoms with Crippen molar-refractivity contribution >= 4 is 6.03 Å². The van der Waals surface area contributed by atoms with Crippen molar-refractivity contribution in [1.29, 1.82) is 0 Å². The van der Waals surface area contributed by atoms with E-state index in [4.69, 9.17) is 4.74 Å². The average Bonchev–Trinajstić information content (AvgIpc) is 2.86. The Hall–Kier alpha value is -2.57. The molecule has 116 valence electrons. The molecule has 1 atom stereocenters. The van der Waals surface area contributed by atoms with Gasteiger partial charge in [-0.3, -0.25) is 0 Å². The minimum absolute atomic E-state index is 0.00532. The Morgan fingerprint density at radius 2 is 2.27 bits per heavy atom. The van der Waals surface area contributed by atoms with Crippen molar-refractivity contribution < 1.29 is 9.53 Å². The van der Waals surface area contributed by atoms with Gasteiger partial charge in [-0.2, -0.15) is 15.0 Å². The number of para-hydroxylation sites is 1. The van der Waals surface area contributed by atoms with E-state index in [1.165, 1.54) is 4.80 Å². The highest BCUT2D eigenvalue weighted by atomic mass is 16.5. The van der Waals surface area contributed by atoms with Gasteiger partial charge in [0.15, 0.2) is 0 Å². The summed E-state index contributed by atoms with van der Waals surface area (Å²) >= 11 is 0. The topological polar surface area (TPSA) is 72.3 Å². The molecule has 1 unspecified atom stereocenters. The summed E-state index contributed by atoms with van der Waals surface area (Å²) in [5.41, 5.74) is 1.75. The van der Waals surface area contributed by atoms with Gasteiger partial charge in [0.2, 0.25) is 0 Å². The van der Waals surface area contributed by atoms with Crippen LogP contribution in [0, 0.1) is 0 Å². The maximum atomic E-state index is 12.5. The summed E-state index contributed by atoms with van der Waals surface area (Å²) in [6.45, 7) is 3.35. The molecular formula is C15H19N5O2. The average molecular weight is 301 g/mol. The fourth-order valence-corrected chi connectivity index (χ4v) is 2.42. The molecule has 1 aliphatic rings. The van der Waals surface area contributed by atoms with Gasteiger partial charge in [-0.15, -0.1) is 0 Å². The number of aryl methyl sites for hydroxylation is 1. The SMILES string of the molecule is CC1COc2ccccc2CN1C(=O)NCc1cnn(C)n1. The molecule has 2 heterocycles. The lowest BCUT2D eigenvalue weighted by Gasteiger charge is -2.26. The molecule has 0 saturated heterocycles. The number of benzene rings is 1. The zero-order valence-electron chi connectivity index (χ0n) is 12.7. The van der Waals surface area contributed by atoms with Gasteiger partial charge >= 0.3 is 6.03 Å². The molecule has 1 aliphatic heterocycles. The minimum Gasteiger partial charge on any atom is -0.491 e. The first-order valence-corrected chi connectivity index (χ1v) is 7.24. The summed E-state index contributed by atoms with van der Waals surface area (Å²) in [5.74, 6) is 0.846. The van der Waals surface area contributed by atoms with Crippen LogP contribution in [0.2, 0.25) is 0 Å². The highest BCUT2D eigenvalue weighted by Gasteiger charge is 2.25. The Kier molecular flexibility index (Phi) is 3.95. The lowest BCUT2D eigenvalue weighted by Crippen LogP contribution is -2.45. The molecule has 2 aromatic rings. The molecule has 7 heteroatoms. The van der Waals surface area contributed by atoms with Crippen LogP contribution in [-0.2, 0) is 20.1 Å². The van der Waals surface area contributed by atoms with E-state index in [2.05, 4.69) is 15.5 Å². The molecule has 7 nitrogen and oxygen atoms in total. The highest BCUT2D eigenvalue weighted by Crippen LogP contribution is 2.24. The number of carbonyl (C=O) groups is 1. The van der Waals surface area contributed by atoms with Crippen LogP contribution in [0.1, 0.15) is 18.2 Å². The molecule has 1 aromatic heterocycles. The van der Waals surface area contributed by atoms with Crippen LogP contribution in [0.25, 0.3) is 0 Å². The van der Waals surface area contributed by atoms with E-state index < -0.39 is 0 Å². The molecular weight excluding hydrogens is 282 g/mol. The molecule has 0 bridgehead atoms. The fourth-order valence-electron chi connectivity index (χ4n) is 2.42. The molecule has 0 spiro atoms. The van der Waals surface area contributed by atoms with Crippen molar-refractivity contribution in [2.24, 2.45) is 7.05 Å². The van der Waals surface area contributed by atoms with Gasteiger partial charge in [0, 0.05) is 12.6 Å². The highest BCUT2D eigenvalue weighted by molar-refractivity contribution is 5.74. The van der Waals surface area contributed by atoms with Crippen molar-refractivity contribution in [2.45, 2.75) is 26.1 Å². The van der Waals surface area contributed by atoms with E-state index in [-0.39, 0.29) is 12.1 Å². The van der Waals surface area contributed by atoms with E-state index >= 15 is 0 Å². The fraction of sp³-hybridized carbons (Fsp3) is 0.400. The molecule has 0 fully saturated rings. The molecule has 3 rings (SSSR count). The van der Waals surface area contributed by atoms with Crippen LogP contribution in [0.4, 0.5) is 4.79 Å². The quantitative estimate of drug-likeness (QED) is 0.907. The van der Waals surface area contributed by atoms with Gasteiger partial charge in [0.05, 0.1) is 25.3 Å². The lowest BCUT2D eigenvalue weighted by molar-refractivity contribution is 0.156. The number of nitrogens with zero attached hydrogens (tertiary/aromatic N) is 4. The van der Waals surface area contributed by atoms with E-state index in [0.29, 0.717) is 19.7 Å². The molecule has 2 amide bonds. The van der Waals surface area contributed by atoms with Crippen LogP contribution >= 0.6 is 0 Å². The molecule has 22 heavy (non-hydrogen) atoms. The number of hydrogen-bond acceptors (Lipinski definition) is 4. The van der Waals surface area contributed by atoms with Crippen molar-refractivity contribution in [3.8, 4) is 5.75 Å². The van der Waals surface area contributed by atoms with Crippen LogP contribution in [0.3, 0.4) is 0 Å². The predicted molar refractivity (Wildman–Crippen MR) is 80.2 cm³/mol. The molecule has 0 radical (unpaired) electrons. The second-order valence-corrected chi connectivity index (χ2v) is 5.38. The summed E-state index contributed by atoms with van der Waals surface area (Å²) in [4.78, 5) is 15.7. The van der Waals surface area contributed by atoms with E-state index in [1.54, 1.807) is 18.1 Å². The molecule has 1 aromatic carbocycles. The standard InChI is InChI=1S/C15H19N5O2/c1-11-10-22-14-6-4-3-5-12(14)9-20(11)15(21)16-7-13-8-17-19(2)18-13/h3-6,8,11H,7,9-10H2,1-2H3,(H,16,21). The van der Waals surface area contributed by atoms with Crippen molar-refractivity contribution in [3.63, 3.8) is 0 Å². The number of nitrogens with one attached hydrogen (secondary N) is 1. The van der Waals surface area contributed by atoms with Crippen LogP contribution in [0.15, 0.2) is 30.5 Å². The number of hydrogen-bond donors (Lipinski definition) is 1. The number of fused-ring (bicyclic) bond motifs is 1. The van der Waals surface area contributed by atoms with Crippen molar-refractivity contribution in [2.75, 3.05) is 6.61 Å². The second-order valence-electron chi connectivity index (χ2n) is 5.38. The predicted octanol–water partition coefficient (Wildman–Crippen LogP) is 1.31. The Bertz CT molecular complexity index is 669. The summed E-state index contributed by atoms with van der Waals surface area (Å²) < 4.78 is 5.76. The zero-order chi connectivity index (χ0) is 15.5. The van der Waals surface area contributed by atoms with E-state index in [9.17, 15) is 4.79 Å². The number of ether oxygens (including phenoxy) is 1. The maximum absolute atomic E-state index is 12.5. The Morgan fingerprint density at radius 1 is 1.45 bits per heavy atom. The monoisotopic (exact) mass is 301 g/mol. The summed E-state index contributed by atoms with van der Waals surface area (Å²) in [5, 5.41) is 11.0. The number of carbonyl (C=O) groups excluding carboxylic acids is 1. The summed E-state index contributed by atoms with van der Waals surface area (Å²) in [6, 6.07) is 7.67. The maximum Gasteiger partial charge on any atom is 0.318 e. The molecule has 1 N–H and O–H groups in total. The number of urea groups is 1. The summed E-state index contributed by atoms with van der Waals surface area (Å²) in [6.07, 6.45) is 1.64. The third-order valence-corrected chi connectivity index (χ3v) is 3.65. The van der Waals surface area contributed by atoms with Crippen LogP contribution < -0.4 is 10.1 Å². The third-order valence-electron chi connectivity index (χ3n) is 3.65.